The molecule has 0 heterocycles. The van der Waals surface area contributed by atoms with Crippen LogP contribution >= 0.6 is 0 Å². The van der Waals surface area contributed by atoms with E-state index in [0.29, 0.717) is 6.42 Å². The fourth-order valence-electron chi connectivity index (χ4n) is 2.60. The van der Waals surface area contributed by atoms with Gasteiger partial charge >= 0.3 is 6.18 Å². The number of nitriles is 1. The molecule has 0 aromatic rings. The van der Waals surface area contributed by atoms with Crippen LogP contribution in [-0.4, -0.2) is 6.18 Å². The van der Waals surface area contributed by atoms with E-state index in [1.807, 2.05) is 0 Å². The molecule has 0 spiro atoms. The predicted molar refractivity (Wildman–Crippen MR) is 53.4 cm³/mol. The summed E-state index contributed by atoms with van der Waals surface area (Å²) in [5, 5.41) is 9.10. The standard InChI is InChI=1S/C12H14F3N/c13-12(14,15)10-4-2-9(3-5-10)11(8-16)6-1-7-11/h2,10H,1,3-7H2/t10-/m0/s1. The molecule has 1 atom stereocenters. The van der Waals surface area contributed by atoms with Crippen molar-refractivity contribution in [2.75, 3.05) is 0 Å². The van der Waals surface area contributed by atoms with E-state index in [1.165, 1.54) is 0 Å². The van der Waals surface area contributed by atoms with Crippen LogP contribution in [0.3, 0.4) is 0 Å². The minimum atomic E-state index is -4.08. The number of hydrogen-bond acceptors (Lipinski definition) is 1. The Kier molecular flexibility index (Phi) is 2.73. The zero-order chi connectivity index (χ0) is 11.8. The largest absolute Gasteiger partial charge is 0.392 e. The summed E-state index contributed by atoms with van der Waals surface area (Å²) in [6.07, 6.45) is 0.913. The maximum Gasteiger partial charge on any atom is 0.392 e. The first-order chi connectivity index (χ1) is 7.48. The highest BCUT2D eigenvalue weighted by Gasteiger charge is 2.45. The van der Waals surface area contributed by atoms with Crippen LogP contribution < -0.4 is 0 Å². The Bertz CT molecular complexity index is 344. The van der Waals surface area contributed by atoms with Crippen LogP contribution in [-0.2, 0) is 0 Å². The molecule has 16 heavy (non-hydrogen) atoms. The lowest BCUT2D eigenvalue weighted by Crippen LogP contribution is -2.33. The van der Waals surface area contributed by atoms with Gasteiger partial charge in [0.2, 0.25) is 0 Å². The van der Waals surface area contributed by atoms with Crippen LogP contribution in [0.25, 0.3) is 0 Å². The first kappa shape index (κ1) is 11.5. The van der Waals surface area contributed by atoms with Crippen molar-refractivity contribution in [2.24, 2.45) is 11.3 Å². The summed E-state index contributed by atoms with van der Waals surface area (Å²) in [7, 11) is 0. The molecule has 0 aromatic heterocycles. The molecule has 0 N–H and O–H groups in total. The Labute approximate surface area is 92.9 Å². The lowest BCUT2D eigenvalue weighted by atomic mass is 9.62. The Morgan fingerprint density at radius 1 is 1.38 bits per heavy atom. The predicted octanol–water partition coefficient (Wildman–Crippen LogP) is 3.97. The number of nitrogens with zero attached hydrogens (tertiary/aromatic N) is 1. The first-order valence-corrected chi connectivity index (χ1v) is 5.65. The second-order valence-corrected chi connectivity index (χ2v) is 4.79. The minimum Gasteiger partial charge on any atom is -0.197 e. The van der Waals surface area contributed by atoms with Crippen molar-refractivity contribution in [1.82, 2.24) is 0 Å². The molecular formula is C12H14F3N. The smallest absolute Gasteiger partial charge is 0.197 e. The second-order valence-electron chi connectivity index (χ2n) is 4.79. The second kappa shape index (κ2) is 3.80. The number of alkyl halides is 3. The molecule has 0 amide bonds. The Morgan fingerprint density at radius 2 is 2.06 bits per heavy atom. The number of halogens is 3. The van der Waals surface area contributed by atoms with Gasteiger partial charge in [-0.1, -0.05) is 11.6 Å². The summed E-state index contributed by atoms with van der Waals surface area (Å²) in [4.78, 5) is 0. The molecule has 88 valence electrons. The maximum atomic E-state index is 12.4. The summed E-state index contributed by atoms with van der Waals surface area (Å²) in [5.41, 5.74) is 0.554. The van der Waals surface area contributed by atoms with Crippen LogP contribution in [0.15, 0.2) is 11.6 Å². The van der Waals surface area contributed by atoms with Gasteiger partial charge in [0.15, 0.2) is 0 Å². The van der Waals surface area contributed by atoms with E-state index in [-0.39, 0.29) is 12.8 Å². The zero-order valence-corrected chi connectivity index (χ0v) is 8.98. The van der Waals surface area contributed by atoms with Crippen LogP contribution in [0.5, 0.6) is 0 Å². The van der Waals surface area contributed by atoms with E-state index in [2.05, 4.69) is 6.07 Å². The Morgan fingerprint density at radius 3 is 2.38 bits per heavy atom. The number of allylic oxidation sites excluding steroid dienone is 2. The average molecular weight is 229 g/mol. The van der Waals surface area contributed by atoms with Gasteiger partial charge in [-0.05, 0) is 38.5 Å². The summed E-state index contributed by atoms with van der Waals surface area (Å²) in [6, 6.07) is 2.29. The normalized spacial score (nSPS) is 28.9. The van der Waals surface area contributed by atoms with Gasteiger partial charge in [0.25, 0.3) is 0 Å². The average Bonchev–Trinajstić information content (AvgIpc) is 2.16. The molecule has 0 bridgehead atoms. The van der Waals surface area contributed by atoms with E-state index in [9.17, 15) is 13.2 Å². The molecule has 4 heteroatoms. The Balaban J connectivity index is 2.07. The molecule has 2 aliphatic carbocycles. The van der Waals surface area contributed by atoms with Crippen molar-refractivity contribution in [1.29, 1.82) is 5.26 Å². The van der Waals surface area contributed by atoms with Crippen LogP contribution in [0, 0.1) is 22.7 Å². The van der Waals surface area contributed by atoms with Gasteiger partial charge in [0, 0.05) is 0 Å². The lowest BCUT2D eigenvalue weighted by Gasteiger charge is -2.40. The molecule has 0 unspecified atom stereocenters. The summed E-state index contributed by atoms with van der Waals surface area (Å²) >= 11 is 0. The van der Waals surface area contributed by atoms with Gasteiger partial charge in [-0.15, -0.1) is 0 Å². The quantitative estimate of drug-likeness (QED) is 0.624. The highest BCUT2D eigenvalue weighted by atomic mass is 19.4. The molecule has 0 aliphatic heterocycles. The molecule has 0 radical (unpaired) electrons. The van der Waals surface area contributed by atoms with Gasteiger partial charge in [-0.3, -0.25) is 0 Å². The van der Waals surface area contributed by atoms with Crippen molar-refractivity contribution in [2.45, 2.75) is 44.7 Å². The molecular weight excluding hydrogens is 215 g/mol. The van der Waals surface area contributed by atoms with Gasteiger partial charge in [0.1, 0.15) is 0 Å². The van der Waals surface area contributed by atoms with E-state index in [4.69, 9.17) is 5.26 Å². The third-order valence-electron chi connectivity index (χ3n) is 3.91. The highest BCUT2D eigenvalue weighted by Crippen LogP contribution is 2.51. The van der Waals surface area contributed by atoms with Gasteiger partial charge in [0.05, 0.1) is 17.4 Å². The molecule has 0 saturated heterocycles. The van der Waals surface area contributed by atoms with Crippen molar-refractivity contribution in [3.05, 3.63) is 11.6 Å². The summed E-state index contributed by atoms with van der Waals surface area (Å²) in [6.45, 7) is 0. The van der Waals surface area contributed by atoms with Gasteiger partial charge in [-0.2, -0.15) is 18.4 Å². The van der Waals surface area contributed by atoms with Gasteiger partial charge < -0.3 is 0 Å². The number of rotatable bonds is 1. The maximum absolute atomic E-state index is 12.4. The highest BCUT2D eigenvalue weighted by molar-refractivity contribution is 5.28. The summed E-state index contributed by atoms with van der Waals surface area (Å²) in [5.74, 6) is -1.20. The van der Waals surface area contributed by atoms with E-state index in [1.54, 1.807) is 6.08 Å². The Hall–Kier alpha value is -0.980. The molecule has 1 fully saturated rings. The summed E-state index contributed by atoms with van der Waals surface area (Å²) < 4.78 is 37.3. The zero-order valence-electron chi connectivity index (χ0n) is 8.98. The topological polar surface area (TPSA) is 23.8 Å². The van der Waals surface area contributed by atoms with Crippen LogP contribution in [0.4, 0.5) is 13.2 Å². The molecule has 1 saturated carbocycles. The fraction of sp³-hybridized carbons (Fsp3) is 0.750. The van der Waals surface area contributed by atoms with Crippen molar-refractivity contribution in [3.63, 3.8) is 0 Å². The van der Waals surface area contributed by atoms with Crippen LogP contribution in [0.1, 0.15) is 38.5 Å². The fourth-order valence-corrected chi connectivity index (χ4v) is 2.60. The van der Waals surface area contributed by atoms with Crippen molar-refractivity contribution in [3.8, 4) is 6.07 Å². The molecule has 1 nitrogen and oxygen atoms in total. The van der Waals surface area contributed by atoms with Crippen molar-refractivity contribution >= 4 is 0 Å². The minimum absolute atomic E-state index is 0.0578. The SMILES string of the molecule is N#CC1(C2=CC[C@H](C(F)(F)F)CC2)CCC1. The van der Waals surface area contributed by atoms with E-state index >= 15 is 0 Å². The molecule has 2 aliphatic rings. The number of hydrogen-bond donors (Lipinski definition) is 0. The third kappa shape index (κ3) is 1.83. The monoisotopic (exact) mass is 229 g/mol. The van der Waals surface area contributed by atoms with E-state index in [0.717, 1.165) is 24.8 Å². The van der Waals surface area contributed by atoms with Crippen molar-refractivity contribution < 1.29 is 13.2 Å². The van der Waals surface area contributed by atoms with E-state index < -0.39 is 17.5 Å². The first-order valence-electron chi connectivity index (χ1n) is 5.65. The van der Waals surface area contributed by atoms with Crippen LogP contribution in [0.2, 0.25) is 0 Å². The third-order valence-corrected chi connectivity index (χ3v) is 3.91. The van der Waals surface area contributed by atoms with Gasteiger partial charge in [-0.25, -0.2) is 0 Å². The molecule has 2 rings (SSSR count). The molecule has 0 aromatic carbocycles. The lowest BCUT2D eigenvalue weighted by molar-refractivity contribution is -0.176.